The third-order valence-corrected chi connectivity index (χ3v) is 2.40. The van der Waals surface area contributed by atoms with Crippen molar-refractivity contribution in [3.05, 3.63) is 29.6 Å². The zero-order valence-electron chi connectivity index (χ0n) is 10.1. The standard InChI is InChI=1S/C12H15FN2O2/c1-14(2)12(17)7-15(3)11-5-4-10(13)6-9(11)8-16/h4-6,8H,7H2,1-3H3. The fourth-order valence-electron chi connectivity index (χ4n) is 1.40. The Hall–Kier alpha value is -1.91. The topological polar surface area (TPSA) is 40.6 Å². The van der Waals surface area contributed by atoms with E-state index < -0.39 is 5.82 Å². The Morgan fingerprint density at radius 3 is 2.53 bits per heavy atom. The maximum atomic E-state index is 12.9. The number of likely N-dealkylation sites (N-methyl/N-ethyl adjacent to an activating group) is 2. The van der Waals surface area contributed by atoms with Gasteiger partial charge in [-0.05, 0) is 18.2 Å². The number of nitrogens with zero attached hydrogens (tertiary/aromatic N) is 2. The van der Waals surface area contributed by atoms with Gasteiger partial charge in [0, 0.05) is 32.4 Å². The minimum Gasteiger partial charge on any atom is -0.365 e. The molecule has 0 saturated carbocycles. The Bertz CT molecular complexity index is 433. The van der Waals surface area contributed by atoms with Gasteiger partial charge in [-0.3, -0.25) is 9.59 Å². The van der Waals surface area contributed by atoms with Crippen LogP contribution in [-0.2, 0) is 4.79 Å². The normalized spacial score (nSPS) is 9.88. The van der Waals surface area contributed by atoms with Gasteiger partial charge in [0.2, 0.25) is 5.91 Å². The Morgan fingerprint density at radius 2 is 2.00 bits per heavy atom. The van der Waals surface area contributed by atoms with Crippen LogP contribution < -0.4 is 4.90 Å². The number of hydrogen-bond donors (Lipinski definition) is 0. The van der Waals surface area contributed by atoms with Crippen molar-refractivity contribution in [2.24, 2.45) is 0 Å². The Kier molecular flexibility index (Phi) is 4.20. The summed E-state index contributed by atoms with van der Waals surface area (Å²) in [6, 6.07) is 3.90. The number of halogens is 1. The molecule has 5 heteroatoms. The number of anilines is 1. The lowest BCUT2D eigenvalue weighted by atomic mass is 10.1. The molecule has 0 aliphatic carbocycles. The molecule has 0 radical (unpaired) electrons. The first kappa shape index (κ1) is 13.2. The van der Waals surface area contributed by atoms with Crippen LogP contribution in [0.1, 0.15) is 10.4 Å². The lowest BCUT2D eigenvalue weighted by Gasteiger charge is -2.22. The predicted octanol–water partition coefficient (Wildman–Crippen LogP) is 1.16. The second kappa shape index (κ2) is 5.43. The Labute approximate surface area is 99.6 Å². The van der Waals surface area contributed by atoms with E-state index in [2.05, 4.69) is 0 Å². The van der Waals surface area contributed by atoms with Crippen LogP contribution in [0.2, 0.25) is 0 Å². The molecular weight excluding hydrogens is 223 g/mol. The first-order valence-corrected chi connectivity index (χ1v) is 5.11. The van der Waals surface area contributed by atoms with Gasteiger partial charge in [-0.1, -0.05) is 0 Å². The maximum Gasteiger partial charge on any atom is 0.241 e. The lowest BCUT2D eigenvalue weighted by molar-refractivity contribution is -0.127. The van der Waals surface area contributed by atoms with Crippen molar-refractivity contribution >= 4 is 17.9 Å². The molecule has 0 aliphatic rings. The highest BCUT2D eigenvalue weighted by molar-refractivity contribution is 5.87. The molecule has 0 unspecified atom stereocenters. The molecule has 0 aromatic heterocycles. The summed E-state index contributed by atoms with van der Waals surface area (Å²) in [4.78, 5) is 25.4. The minimum absolute atomic E-state index is 0.0892. The SMILES string of the molecule is CN(C)C(=O)CN(C)c1ccc(F)cc1C=O. The van der Waals surface area contributed by atoms with Gasteiger partial charge in [0.05, 0.1) is 6.54 Å². The summed E-state index contributed by atoms with van der Waals surface area (Å²) in [5.41, 5.74) is 0.774. The number of benzene rings is 1. The third kappa shape index (κ3) is 3.27. The lowest BCUT2D eigenvalue weighted by Crippen LogP contribution is -2.34. The van der Waals surface area contributed by atoms with E-state index in [1.807, 2.05) is 0 Å². The van der Waals surface area contributed by atoms with E-state index in [9.17, 15) is 14.0 Å². The zero-order valence-corrected chi connectivity index (χ0v) is 10.1. The van der Waals surface area contributed by atoms with Gasteiger partial charge in [-0.25, -0.2) is 4.39 Å². The number of rotatable bonds is 4. The number of aldehydes is 1. The van der Waals surface area contributed by atoms with Crippen LogP contribution in [0.5, 0.6) is 0 Å². The van der Waals surface area contributed by atoms with E-state index in [-0.39, 0.29) is 18.0 Å². The van der Waals surface area contributed by atoms with Crippen molar-refractivity contribution in [1.29, 1.82) is 0 Å². The van der Waals surface area contributed by atoms with Crippen LogP contribution in [0.4, 0.5) is 10.1 Å². The summed E-state index contributed by atoms with van der Waals surface area (Å²) in [5.74, 6) is -0.558. The molecule has 0 aliphatic heterocycles. The van der Waals surface area contributed by atoms with Crippen molar-refractivity contribution < 1.29 is 14.0 Å². The molecule has 0 atom stereocenters. The quantitative estimate of drug-likeness (QED) is 0.739. The molecule has 1 aromatic carbocycles. The van der Waals surface area contributed by atoms with Gasteiger partial charge in [-0.2, -0.15) is 0 Å². The molecule has 0 saturated heterocycles. The van der Waals surface area contributed by atoms with Crippen molar-refractivity contribution in [2.45, 2.75) is 0 Å². The molecule has 1 rings (SSSR count). The van der Waals surface area contributed by atoms with Gasteiger partial charge in [0.25, 0.3) is 0 Å². The molecule has 0 fully saturated rings. The average Bonchev–Trinajstić information content (AvgIpc) is 2.28. The largest absolute Gasteiger partial charge is 0.365 e. The van der Waals surface area contributed by atoms with Crippen LogP contribution in [0, 0.1) is 5.82 Å². The molecule has 1 aromatic rings. The Morgan fingerprint density at radius 1 is 1.35 bits per heavy atom. The first-order chi connectivity index (χ1) is 7.95. The highest BCUT2D eigenvalue weighted by atomic mass is 19.1. The summed E-state index contributed by atoms with van der Waals surface area (Å²) in [6.45, 7) is 0.138. The van der Waals surface area contributed by atoms with E-state index in [1.165, 1.54) is 17.0 Å². The fraction of sp³-hybridized carbons (Fsp3) is 0.333. The summed E-state index contributed by atoms with van der Waals surface area (Å²) in [7, 11) is 4.99. The van der Waals surface area contributed by atoms with E-state index in [4.69, 9.17) is 0 Å². The van der Waals surface area contributed by atoms with Gasteiger partial charge >= 0.3 is 0 Å². The van der Waals surface area contributed by atoms with E-state index in [1.54, 1.807) is 26.0 Å². The molecule has 1 amide bonds. The Balaban J connectivity index is 2.92. The van der Waals surface area contributed by atoms with Crippen molar-refractivity contribution in [3.63, 3.8) is 0 Å². The van der Waals surface area contributed by atoms with Crippen LogP contribution in [0.3, 0.4) is 0 Å². The fourth-order valence-corrected chi connectivity index (χ4v) is 1.40. The van der Waals surface area contributed by atoms with E-state index >= 15 is 0 Å². The van der Waals surface area contributed by atoms with Crippen LogP contribution >= 0.6 is 0 Å². The number of amides is 1. The molecule has 17 heavy (non-hydrogen) atoms. The smallest absolute Gasteiger partial charge is 0.241 e. The highest BCUT2D eigenvalue weighted by Gasteiger charge is 2.12. The summed E-state index contributed by atoms with van der Waals surface area (Å²) < 4.78 is 12.9. The second-order valence-electron chi connectivity index (χ2n) is 3.97. The van der Waals surface area contributed by atoms with Gasteiger partial charge in [0.1, 0.15) is 5.82 Å². The average molecular weight is 238 g/mol. The first-order valence-electron chi connectivity index (χ1n) is 5.11. The predicted molar refractivity (Wildman–Crippen MR) is 63.8 cm³/mol. The molecular formula is C12H15FN2O2. The molecule has 4 nitrogen and oxygen atoms in total. The number of hydrogen-bond acceptors (Lipinski definition) is 3. The number of carbonyl (C=O) groups excluding carboxylic acids is 2. The van der Waals surface area contributed by atoms with Gasteiger partial charge in [-0.15, -0.1) is 0 Å². The van der Waals surface area contributed by atoms with Crippen LogP contribution in [0.25, 0.3) is 0 Å². The zero-order chi connectivity index (χ0) is 13.0. The summed E-state index contributed by atoms with van der Waals surface area (Å²) in [6.07, 6.45) is 0.578. The number of carbonyl (C=O) groups is 2. The van der Waals surface area contributed by atoms with Crippen LogP contribution in [-0.4, -0.2) is 44.8 Å². The van der Waals surface area contributed by atoms with Gasteiger partial charge in [0.15, 0.2) is 6.29 Å². The molecule has 0 N–H and O–H groups in total. The molecule has 0 spiro atoms. The van der Waals surface area contributed by atoms with Gasteiger partial charge < -0.3 is 9.80 Å². The van der Waals surface area contributed by atoms with E-state index in [0.717, 1.165) is 6.07 Å². The maximum absolute atomic E-state index is 12.9. The summed E-state index contributed by atoms with van der Waals surface area (Å²) >= 11 is 0. The van der Waals surface area contributed by atoms with Crippen molar-refractivity contribution in [1.82, 2.24) is 4.90 Å². The summed E-state index contributed by atoms with van der Waals surface area (Å²) in [5, 5.41) is 0. The molecule has 0 bridgehead atoms. The third-order valence-electron chi connectivity index (χ3n) is 2.40. The van der Waals surface area contributed by atoms with Crippen molar-refractivity contribution in [2.75, 3.05) is 32.6 Å². The minimum atomic E-state index is -0.469. The second-order valence-corrected chi connectivity index (χ2v) is 3.97. The van der Waals surface area contributed by atoms with E-state index in [0.29, 0.717) is 12.0 Å². The van der Waals surface area contributed by atoms with Crippen molar-refractivity contribution in [3.8, 4) is 0 Å². The molecule has 92 valence electrons. The van der Waals surface area contributed by atoms with Crippen LogP contribution in [0.15, 0.2) is 18.2 Å². The molecule has 0 heterocycles. The monoisotopic (exact) mass is 238 g/mol. The highest BCUT2D eigenvalue weighted by Crippen LogP contribution is 2.18.